The average Bonchev–Trinajstić information content (AvgIpc) is 2.72. The Morgan fingerprint density at radius 2 is 1.93 bits per heavy atom. The minimum atomic E-state index is -3.68. The monoisotopic (exact) mass is 442 g/mol. The van der Waals surface area contributed by atoms with Crippen molar-refractivity contribution in [1.82, 2.24) is 9.71 Å². The topological polar surface area (TPSA) is 59.1 Å². The van der Waals surface area contributed by atoms with Crippen LogP contribution >= 0.6 is 11.8 Å². The summed E-state index contributed by atoms with van der Waals surface area (Å²) in [5, 5.41) is 0. The number of rotatable bonds is 6. The van der Waals surface area contributed by atoms with E-state index in [1.165, 1.54) is 23.9 Å². The van der Waals surface area contributed by atoms with Crippen LogP contribution in [0, 0.1) is 5.82 Å². The third kappa shape index (κ3) is 4.43. The first-order valence-corrected chi connectivity index (χ1v) is 12.1. The van der Waals surface area contributed by atoms with Gasteiger partial charge in [-0.1, -0.05) is 43.8 Å². The highest BCUT2D eigenvalue weighted by Gasteiger charge is 2.25. The molecule has 4 rings (SSSR count). The summed E-state index contributed by atoms with van der Waals surface area (Å²) >= 11 is 1.43. The van der Waals surface area contributed by atoms with Crippen LogP contribution in [0.15, 0.2) is 69.5 Å². The predicted molar refractivity (Wildman–Crippen MR) is 117 cm³/mol. The van der Waals surface area contributed by atoms with Gasteiger partial charge < -0.3 is 0 Å². The maximum absolute atomic E-state index is 13.7. The molecule has 4 nitrogen and oxygen atoms in total. The fraction of sp³-hybridized carbons (Fsp3) is 0.261. The Kier molecular flexibility index (Phi) is 5.95. The minimum absolute atomic E-state index is 0.0554. The zero-order chi connectivity index (χ0) is 21.3. The van der Waals surface area contributed by atoms with Gasteiger partial charge in [-0.3, -0.25) is 4.98 Å². The lowest BCUT2D eigenvalue weighted by Crippen LogP contribution is -2.27. The van der Waals surface area contributed by atoms with E-state index in [0.717, 1.165) is 32.0 Å². The number of nitrogens with zero attached hydrogens (tertiary/aromatic N) is 1. The second kappa shape index (κ2) is 8.49. The second-order valence-electron chi connectivity index (χ2n) is 7.69. The third-order valence-corrected chi connectivity index (χ3v) is 7.88. The number of hydrogen-bond donors (Lipinski definition) is 1. The molecule has 156 valence electrons. The molecule has 0 atom stereocenters. The summed E-state index contributed by atoms with van der Waals surface area (Å²) in [7, 11) is -3.68. The van der Waals surface area contributed by atoms with Gasteiger partial charge in [0.2, 0.25) is 10.0 Å². The first-order chi connectivity index (χ1) is 14.3. The molecular weight excluding hydrogens is 419 g/mol. The van der Waals surface area contributed by atoms with Gasteiger partial charge in [-0.05, 0) is 65.3 Å². The van der Waals surface area contributed by atoms with Gasteiger partial charge in [-0.15, -0.1) is 0 Å². The van der Waals surface area contributed by atoms with E-state index in [4.69, 9.17) is 0 Å². The SMILES string of the molecule is CC(C)c1cc2c(cc1S(=O)(=O)NCCc1cccnc1)Sc1cc(F)ccc1C2. The smallest absolute Gasteiger partial charge is 0.240 e. The number of halogens is 1. The van der Waals surface area contributed by atoms with Crippen molar-refractivity contribution in [2.45, 2.75) is 47.3 Å². The van der Waals surface area contributed by atoms with E-state index < -0.39 is 10.0 Å². The molecule has 0 spiro atoms. The Labute approximate surface area is 181 Å². The van der Waals surface area contributed by atoms with Crippen LogP contribution in [-0.4, -0.2) is 19.9 Å². The Hall–Kier alpha value is -2.22. The first kappa shape index (κ1) is 21.0. The number of hydrogen-bond acceptors (Lipinski definition) is 4. The zero-order valence-electron chi connectivity index (χ0n) is 16.9. The van der Waals surface area contributed by atoms with Crippen molar-refractivity contribution in [1.29, 1.82) is 0 Å². The Bertz CT molecular complexity index is 1180. The van der Waals surface area contributed by atoms with Crippen LogP contribution in [-0.2, 0) is 22.9 Å². The third-order valence-electron chi connectivity index (χ3n) is 5.16. The lowest BCUT2D eigenvalue weighted by atomic mass is 9.97. The molecular formula is C23H23FN2O2S2. The zero-order valence-corrected chi connectivity index (χ0v) is 18.5. The molecule has 1 aliphatic rings. The summed E-state index contributed by atoms with van der Waals surface area (Å²) < 4.78 is 42.7. The number of benzene rings is 2. The van der Waals surface area contributed by atoms with Gasteiger partial charge in [0.1, 0.15) is 5.82 Å². The maximum atomic E-state index is 13.7. The molecule has 0 saturated heterocycles. The van der Waals surface area contributed by atoms with E-state index >= 15 is 0 Å². The standard InChI is InChI=1S/C23H23FN2O2S2/c1-15(2)20-11-18-10-17-5-6-19(24)12-21(17)29-22(18)13-23(20)30(27,28)26-9-7-16-4-3-8-25-14-16/h3-6,8,11-15,26H,7,9-10H2,1-2H3. The molecule has 0 amide bonds. The molecule has 0 radical (unpaired) electrons. The Morgan fingerprint density at radius 1 is 1.13 bits per heavy atom. The molecule has 7 heteroatoms. The van der Waals surface area contributed by atoms with Gasteiger partial charge in [-0.2, -0.15) is 0 Å². The van der Waals surface area contributed by atoms with Gasteiger partial charge >= 0.3 is 0 Å². The predicted octanol–water partition coefficient (Wildman–Crippen LogP) is 4.92. The Morgan fingerprint density at radius 3 is 2.67 bits per heavy atom. The summed E-state index contributed by atoms with van der Waals surface area (Å²) in [4.78, 5) is 6.07. The highest BCUT2D eigenvalue weighted by molar-refractivity contribution is 7.99. The number of aromatic nitrogens is 1. The molecule has 1 aromatic heterocycles. The van der Waals surface area contributed by atoms with E-state index in [9.17, 15) is 12.8 Å². The largest absolute Gasteiger partial charge is 0.264 e. The van der Waals surface area contributed by atoms with Crippen molar-refractivity contribution in [3.63, 3.8) is 0 Å². The number of sulfonamides is 1. The van der Waals surface area contributed by atoms with Crippen LogP contribution in [0.5, 0.6) is 0 Å². The lowest BCUT2D eigenvalue weighted by molar-refractivity contribution is 0.578. The first-order valence-electron chi connectivity index (χ1n) is 9.85. The molecule has 0 aliphatic carbocycles. The van der Waals surface area contributed by atoms with Crippen molar-refractivity contribution < 1.29 is 12.8 Å². The van der Waals surface area contributed by atoms with Gasteiger partial charge in [0.15, 0.2) is 0 Å². The van der Waals surface area contributed by atoms with Crippen molar-refractivity contribution in [3.05, 3.63) is 82.9 Å². The summed E-state index contributed by atoms with van der Waals surface area (Å²) in [6.07, 6.45) is 4.67. The van der Waals surface area contributed by atoms with Gasteiger partial charge in [0, 0.05) is 28.7 Å². The van der Waals surface area contributed by atoms with Crippen molar-refractivity contribution >= 4 is 21.8 Å². The lowest BCUT2D eigenvalue weighted by Gasteiger charge is -2.23. The quantitative estimate of drug-likeness (QED) is 0.460. The van der Waals surface area contributed by atoms with Crippen LogP contribution in [0.25, 0.3) is 0 Å². The van der Waals surface area contributed by atoms with E-state index in [1.807, 2.05) is 32.0 Å². The van der Waals surface area contributed by atoms with Gasteiger partial charge in [-0.25, -0.2) is 17.5 Å². The fourth-order valence-corrected chi connectivity index (χ4v) is 6.19. The number of nitrogens with one attached hydrogen (secondary N) is 1. The minimum Gasteiger partial charge on any atom is -0.264 e. The van der Waals surface area contributed by atoms with E-state index in [1.54, 1.807) is 24.5 Å². The van der Waals surface area contributed by atoms with Gasteiger partial charge in [0.25, 0.3) is 0 Å². The number of pyridine rings is 1. The Balaban J connectivity index is 1.63. The summed E-state index contributed by atoms with van der Waals surface area (Å²) in [6, 6.07) is 12.3. The van der Waals surface area contributed by atoms with Crippen LogP contribution in [0.1, 0.15) is 42.0 Å². The molecule has 1 aliphatic heterocycles. The molecule has 0 fully saturated rings. The average molecular weight is 443 g/mol. The summed E-state index contributed by atoms with van der Waals surface area (Å²) in [5.41, 5.74) is 3.92. The molecule has 2 heterocycles. The summed E-state index contributed by atoms with van der Waals surface area (Å²) in [6.45, 7) is 4.29. The molecule has 0 bridgehead atoms. The highest BCUT2D eigenvalue weighted by atomic mass is 32.2. The summed E-state index contributed by atoms with van der Waals surface area (Å²) in [5.74, 6) is -0.228. The number of fused-ring (bicyclic) bond motifs is 2. The van der Waals surface area contributed by atoms with E-state index in [0.29, 0.717) is 24.3 Å². The molecule has 30 heavy (non-hydrogen) atoms. The van der Waals surface area contributed by atoms with Crippen molar-refractivity contribution in [2.75, 3.05) is 6.54 Å². The van der Waals surface area contributed by atoms with Crippen molar-refractivity contribution in [3.8, 4) is 0 Å². The fourth-order valence-electron chi connectivity index (χ4n) is 3.59. The maximum Gasteiger partial charge on any atom is 0.240 e. The highest BCUT2D eigenvalue weighted by Crippen LogP contribution is 2.42. The van der Waals surface area contributed by atoms with Gasteiger partial charge in [0.05, 0.1) is 4.90 Å². The van der Waals surface area contributed by atoms with Crippen LogP contribution < -0.4 is 4.72 Å². The van der Waals surface area contributed by atoms with E-state index in [-0.39, 0.29) is 11.7 Å². The van der Waals surface area contributed by atoms with E-state index in [2.05, 4.69) is 9.71 Å². The normalized spacial score (nSPS) is 13.2. The van der Waals surface area contributed by atoms with Crippen molar-refractivity contribution in [2.24, 2.45) is 0 Å². The molecule has 0 saturated carbocycles. The van der Waals surface area contributed by atoms with Crippen LogP contribution in [0.4, 0.5) is 4.39 Å². The van der Waals surface area contributed by atoms with Crippen LogP contribution in [0.3, 0.4) is 0 Å². The molecule has 1 N–H and O–H groups in total. The second-order valence-corrected chi connectivity index (χ2v) is 10.5. The van der Waals surface area contributed by atoms with Crippen LogP contribution in [0.2, 0.25) is 0 Å². The molecule has 3 aromatic rings. The molecule has 0 unspecified atom stereocenters. The molecule has 2 aromatic carbocycles.